The first-order valence-corrected chi connectivity index (χ1v) is 12.4. The van der Waals surface area contributed by atoms with E-state index >= 15 is 0 Å². The number of benzene rings is 4. The first-order valence-electron chi connectivity index (χ1n) is 12.4. The molecule has 0 spiro atoms. The van der Waals surface area contributed by atoms with E-state index in [9.17, 15) is 5.26 Å². The van der Waals surface area contributed by atoms with Crippen LogP contribution >= 0.6 is 0 Å². The molecule has 0 radical (unpaired) electrons. The van der Waals surface area contributed by atoms with E-state index in [0.29, 0.717) is 36.0 Å². The lowest BCUT2D eigenvalue weighted by Crippen LogP contribution is -2.00. The second kappa shape index (κ2) is 11.8. The maximum Gasteiger partial charge on any atom is 0.238 e. The fraction of sp³-hybridized carbons (Fsp3) is 0.0909. The molecule has 0 saturated heterocycles. The van der Waals surface area contributed by atoms with Crippen molar-refractivity contribution in [1.29, 1.82) is 5.26 Å². The molecule has 0 unspecified atom stereocenters. The molecule has 0 aliphatic carbocycles. The first kappa shape index (κ1) is 24.6. The quantitative estimate of drug-likeness (QED) is 0.192. The third kappa shape index (κ3) is 5.50. The summed E-state index contributed by atoms with van der Waals surface area (Å²) in [6.45, 7) is 2.87. The molecule has 0 fully saturated rings. The topological polar surface area (TPSA) is 67.8 Å². The van der Waals surface area contributed by atoms with Crippen LogP contribution in [0.1, 0.15) is 23.6 Å². The molecule has 0 saturated carbocycles. The van der Waals surface area contributed by atoms with Crippen molar-refractivity contribution in [2.24, 2.45) is 4.99 Å². The Labute approximate surface area is 222 Å². The molecule has 38 heavy (non-hydrogen) atoms. The van der Waals surface area contributed by atoms with Gasteiger partial charge in [0.1, 0.15) is 24.0 Å². The largest absolute Gasteiger partial charge is 0.490 e. The molecule has 5 aromatic rings. The van der Waals surface area contributed by atoms with Crippen LogP contribution in [-0.4, -0.2) is 12.8 Å². The summed E-state index contributed by atoms with van der Waals surface area (Å²) in [5.41, 5.74) is 4.76. The van der Waals surface area contributed by atoms with Gasteiger partial charge < -0.3 is 13.9 Å². The average Bonchev–Trinajstić information content (AvgIpc) is 3.36. The van der Waals surface area contributed by atoms with E-state index in [-0.39, 0.29) is 5.88 Å². The summed E-state index contributed by atoms with van der Waals surface area (Å²) in [5, 5.41) is 10.1. The second-order valence-corrected chi connectivity index (χ2v) is 8.50. The summed E-state index contributed by atoms with van der Waals surface area (Å²) in [5.74, 6) is 2.15. The highest BCUT2D eigenvalue weighted by Gasteiger charge is 2.22. The van der Waals surface area contributed by atoms with Gasteiger partial charge in [0, 0.05) is 17.3 Å². The third-order valence-corrected chi connectivity index (χ3v) is 5.94. The van der Waals surface area contributed by atoms with Crippen LogP contribution in [0.4, 0.5) is 5.88 Å². The highest BCUT2D eigenvalue weighted by molar-refractivity contribution is 5.90. The second-order valence-electron chi connectivity index (χ2n) is 8.50. The van der Waals surface area contributed by atoms with Crippen molar-refractivity contribution in [2.75, 3.05) is 6.61 Å². The highest BCUT2D eigenvalue weighted by atomic mass is 16.5. The number of hydrogen-bond acceptors (Lipinski definition) is 5. The number of nitriles is 1. The Balaban J connectivity index is 1.48. The monoisotopic (exact) mass is 498 g/mol. The molecule has 0 bridgehead atoms. The summed E-state index contributed by atoms with van der Waals surface area (Å²) in [4.78, 5) is 4.59. The van der Waals surface area contributed by atoms with Gasteiger partial charge in [-0.3, -0.25) is 0 Å². The standard InChI is InChI=1S/C33H26N2O3/c1-2-36-30-20-25(18-19-29(30)37-23-24-12-6-3-7-13-24)22-35-33-28(21-34)31(26-14-8-4-9-15-26)32(38-33)27-16-10-5-11-17-27/h3-20,22H,2,23H2,1H3. The van der Waals surface area contributed by atoms with Gasteiger partial charge in [-0.2, -0.15) is 5.26 Å². The Morgan fingerprint density at radius 3 is 2.11 bits per heavy atom. The van der Waals surface area contributed by atoms with Crippen LogP contribution in [0.2, 0.25) is 0 Å². The van der Waals surface area contributed by atoms with Gasteiger partial charge in [-0.1, -0.05) is 91.0 Å². The molecule has 0 amide bonds. The van der Waals surface area contributed by atoms with Gasteiger partial charge in [0.2, 0.25) is 5.88 Å². The van der Waals surface area contributed by atoms with Crippen LogP contribution in [0.15, 0.2) is 119 Å². The molecule has 0 aliphatic heterocycles. The minimum atomic E-state index is 0.257. The minimum Gasteiger partial charge on any atom is -0.490 e. The zero-order valence-electron chi connectivity index (χ0n) is 21.0. The summed E-state index contributed by atoms with van der Waals surface area (Å²) >= 11 is 0. The Morgan fingerprint density at radius 2 is 1.45 bits per heavy atom. The molecule has 186 valence electrons. The van der Waals surface area contributed by atoms with Crippen molar-refractivity contribution in [3.63, 3.8) is 0 Å². The predicted octanol–water partition coefficient (Wildman–Crippen LogP) is 8.21. The van der Waals surface area contributed by atoms with Crippen LogP contribution in [0.3, 0.4) is 0 Å². The number of nitrogens with zero attached hydrogens (tertiary/aromatic N) is 2. The summed E-state index contributed by atoms with van der Waals surface area (Å²) in [6, 6.07) is 37.5. The smallest absolute Gasteiger partial charge is 0.238 e. The van der Waals surface area contributed by atoms with Gasteiger partial charge in [0.25, 0.3) is 0 Å². The van der Waals surface area contributed by atoms with Gasteiger partial charge in [0.05, 0.1) is 6.61 Å². The maximum atomic E-state index is 10.1. The maximum absolute atomic E-state index is 10.1. The van der Waals surface area contributed by atoms with E-state index in [0.717, 1.165) is 27.8 Å². The zero-order chi connectivity index (χ0) is 26.2. The Morgan fingerprint density at radius 1 is 0.789 bits per heavy atom. The van der Waals surface area contributed by atoms with Crippen LogP contribution in [0.5, 0.6) is 11.5 Å². The van der Waals surface area contributed by atoms with Gasteiger partial charge in [-0.05, 0) is 41.8 Å². The van der Waals surface area contributed by atoms with E-state index < -0.39 is 0 Å². The minimum absolute atomic E-state index is 0.257. The van der Waals surface area contributed by atoms with Crippen LogP contribution in [0, 0.1) is 11.3 Å². The van der Waals surface area contributed by atoms with E-state index in [1.54, 1.807) is 6.21 Å². The molecule has 4 aromatic carbocycles. The van der Waals surface area contributed by atoms with E-state index in [4.69, 9.17) is 13.9 Å². The van der Waals surface area contributed by atoms with Gasteiger partial charge in [-0.15, -0.1) is 0 Å². The lowest BCUT2D eigenvalue weighted by Gasteiger charge is -2.12. The van der Waals surface area contributed by atoms with Crippen molar-refractivity contribution in [3.05, 3.63) is 126 Å². The van der Waals surface area contributed by atoms with Crippen molar-refractivity contribution in [2.45, 2.75) is 13.5 Å². The van der Waals surface area contributed by atoms with Crippen molar-refractivity contribution in [3.8, 4) is 40.0 Å². The van der Waals surface area contributed by atoms with Crippen molar-refractivity contribution >= 4 is 12.1 Å². The molecule has 0 atom stereocenters. The number of hydrogen-bond donors (Lipinski definition) is 0. The van der Waals surface area contributed by atoms with E-state index in [1.807, 2.05) is 116 Å². The van der Waals surface area contributed by atoms with Crippen molar-refractivity contribution < 1.29 is 13.9 Å². The zero-order valence-corrected chi connectivity index (χ0v) is 21.0. The summed E-state index contributed by atoms with van der Waals surface area (Å²) in [7, 11) is 0. The molecule has 1 heterocycles. The number of furan rings is 1. The van der Waals surface area contributed by atoms with Crippen LogP contribution < -0.4 is 9.47 Å². The van der Waals surface area contributed by atoms with Crippen LogP contribution in [-0.2, 0) is 6.61 Å². The Bertz CT molecular complexity index is 1570. The third-order valence-electron chi connectivity index (χ3n) is 5.94. The molecular formula is C33H26N2O3. The predicted molar refractivity (Wildman–Crippen MR) is 150 cm³/mol. The van der Waals surface area contributed by atoms with Gasteiger partial charge >= 0.3 is 0 Å². The first-order chi connectivity index (χ1) is 18.8. The lowest BCUT2D eigenvalue weighted by atomic mass is 9.98. The van der Waals surface area contributed by atoms with E-state index in [1.165, 1.54) is 0 Å². The number of ether oxygens (including phenoxy) is 2. The highest BCUT2D eigenvalue weighted by Crippen LogP contribution is 2.42. The summed E-state index contributed by atoms with van der Waals surface area (Å²) < 4.78 is 18.1. The van der Waals surface area contributed by atoms with E-state index in [2.05, 4.69) is 11.1 Å². The van der Waals surface area contributed by atoms with Gasteiger partial charge in [-0.25, -0.2) is 4.99 Å². The molecule has 5 nitrogen and oxygen atoms in total. The fourth-order valence-corrected chi connectivity index (χ4v) is 4.15. The Hall–Kier alpha value is -5.08. The Kier molecular flexibility index (Phi) is 7.62. The van der Waals surface area contributed by atoms with Crippen LogP contribution in [0.25, 0.3) is 22.5 Å². The fourth-order valence-electron chi connectivity index (χ4n) is 4.15. The molecule has 5 heteroatoms. The molecule has 5 rings (SSSR count). The SMILES string of the molecule is CCOc1cc(C=Nc2oc(-c3ccccc3)c(-c3ccccc3)c2C#N)ccc1OCc1ccccc1. The number of aliphatic imine (C=N–C) groups is 1. The molecule has 0 aliphatic rings. The lowest BCUT2D eigenvalue weighted by molar-refractivity contribution is 0.269. The molecular weight excluding hydrogens is 472 g/mol. The normalized spacial score (nSPS) is 10.8. The van der Waals surface area contributed by atoms with Gasteiger partial charge in [0.15, 0.2) is 11.5 Å². The molecule has 1 aromatic heterocycles. The van der Waals surface area contributed by atoms with Crippen molar-refractivity contribution in [1.82, 2.24) is 0 Å². The summed E-state index contributed by atoms with van der Waals surface area (Å²) in [6.07, 6.45) is 1.67. The average molecular weight is 499 g/mol. The number of rotatable bonds is 9. The molecule has 0 N–H and O–H groups in total.